The molecule has 1 atom stereocenters. The van der Waals surface area contributed by atoms with Gasteiger partial charge in [0, 0.05) is 18.4 Å². The zero-order valence-electron chi connectivity index (χ0n) is 9.02. The van der Waals surface area contributed by atoms with E-state index in [1.807, 2.05) is 24.1 Å². The second kappa shape index (κ2) is 4.43. The van der Waals surface area contributed by atoms with E-state index in [2.05, 4.69) is 11.1 Å². The smallest absolute Gasteiger partial charge is 0.210 e. The third-order valence-corrected chi connectivity index (χ3v) is 2.99. The summed E-state index contributed by atoms with van der Waals surface area (Å²) in [4.78, 5) is 17.0. The molecule has 0 bridgehead atoms. The van der Waals surface area contributed by atoms with Crippen molar-refractivity contribution in [2.24, 2.45) is 0 Å². The van der Waals surface area contributed by atoms with Crippen LogP contribution in [0.2, 0.25) is 0 Å². The highest BCUT2D eigenvalue weighted by molar-refractivity contribution is 5.49. The first-order valence-corrected chi connectivity index (χ1v) is 5.45. The fourth-order valence-corrected chi connectivity index (χ4v) is 2.21. The lowest BCUT2D eigenvalue weighted by atomic mass is 9.96. The summed E-state index contributed by atoms with van der Waals surface area (Å²) in [6, 6.07) is 4.35. The van der Waals surface area contributed by atoms with Gasteiger partial charge < -0.3 is 4.90 Å². The van der Waals surface area contributed by atoms with Crippen molar-refractivity contribution in [3.63, 3.8) is 0 Å². The number of likely N-dealkylation sites (tertiary alicyclic amines) is 1. The Kier molecular flexibility index (Phi) is 2.99. The predicted octanol–water partition coefficient (Wildman–Crippen LogP) is 2.07. The highest BCUT2D eigenvalue weighted by Crippen LogP contribution is 2.29. The maximum atomic E-state index is 10.9. The lowest BCUT2D eigenvalue weighted by Gasteiger charge is -2.33. The molecule has 3 heteroatoms. The molecule has 1 aromatic heterocycles. The van der Waals surface area contributed by atoms with Gasteiger partial charge in [-0.2, -0.15) is 0 Å². The molecule has 1 aromatic rings. The fraction of sp³-hybridized carbons (Fsp3) is 0.500. The van der Waals surface area contributed by atoms with Crippen LogP contribution in [0, 0.1) is 6.92 Å². The SMILES string of the molecule is Cc1cc([C@H]2CCCCN2C=O)ccn1. The van der Waals surface area contributed by atoms with Crippen LogP contribution in [-0.2, 0) is 4.79 Å². The van der Waals surface area contributed by atoms with E-state index >= 15 is 0 Å². The monoisotopic (exact) mass is 204 g/mol. The third-order valence-electron chi connectivity index (χ3n) is 2.99. The number of hydrogen-bond donors (Lipinski definition) is 0. The van der Waals surface area contributed by atoms with Gasteiger partial charge >= 0.3 is 0 Å². The molecule has 0 unspecified atom stereocenters. The topological polar surface area (TPSA) is 33.2 Å². The molecule has 0 saturated carbocycles. The number of hydrogen-bond acceptors (Lipinski definition) is 2. The van der Waals surface area contributed by atoms with Crippen LogP contribution in [0.15, 0.2) is 18.3 Å². The Bertz CT molecular complexity index is 351. The summed E-state index contributed by atoms with van der Waals surface area (Å²) in [5.74, 6) is 0. The second-order valence-corrected chi connectivity index (χ2v) is 4.09. The van der Waals surface area contributed by atoms with Gasteiger partial charge in [-0.05, 0) is 43.9 Å². The van der Waals surface area contributed by atoms with Crippen LogP contribution in [0.1, 0.15) is 36.6 Å². The van der Waals surface area contributed by atoms with Crippen LogP contribution in [-0.4, -0.2) is 22.8 Å². The zero-order chi connectivity index (χ0) is 10.7. The third kappa shape index (κ3) is 2.17. The van der Waals surface area contributed by atoms with E-state index in [9.17, 15) is 4.79 Å². The van der Waals surface area contributed by atoms with E-state index in [1.165, 1.54) is 12.0 Å². The number of aromatic nitrogens is 1. The Balaban J connectivity index is 2.23. The van der Waals surface area contributed by atoms with E-state index < -0.39 is 0 Å². The molecule has 2 rings (SSSR count). The molecule has 80 valence electrons. The minimum absolute atomic E-state index is 0.262. The van der Waals surface area contributed by atoms with Crippen molar-refractivity contribution in [3.05, 3.63) is 29.6 Å². The van der Waals surface area contributed by atoms with Crippen LogP contribution in [0.4, 0.5) is 0 Å². The standard InChI is InChI=1S/C12H16N2O/c1-10-8-11(5-6-13-10)12-4-2-3-7-14(12)9-15/h5-6,8-9,12H,2-4,7H2,1H3/t12-/m1/s1. The van der Waals surface area contributed by atoms with Crippen LogP contribution in [0.25, 0.3) is 0 Å². The first kappa shape index (κ1) is 10.1. The van der Waals surface area contributed by atoms with Crippen molar-refractivity contribution in [1.82, 2.24) is 9.88 Å². The van der Waals surface area contributed by atoms with Gasteiger partial charge in [0.05, 0.1) is 6.04 Å². The molecule has 1 aliphatic rings. The summed E-state index contributed by atoms with van der Waals surface area (Å²) in [6.07, 6.45) is 6.19. The summed E-state index contributed by atoms with van der Waals surface area (Å²) in [6.45, 7) is 2.87. The fourth-order valence-electron chi connectivity index (χ4n) is 2.21. The quantitative estimate of drug-likeness (QED) is 0.691. The van der Waals surface area contributed by atoms with Crippen LogP contribution < -0.4 is 0 Å². The predicted molar refractivity (Wildman–Crippen MR) is 58.3 cm³/mol. The van der Waals surface area contributed by atoms with Gasteiger partial charge in [-0.3, -0.25) is 9.78 Å². The molecule has 0 aliphatic carbocycles. The van der Waals surface area contributed by atoms with Crippen LogP contribution >= 0.6 is 0 Å². The summed E-state index contributed by atoms with van der Waals surface area (Å²) >= 11 is 0. The molecule has 0 spiro atoms. The lowest BCUT2D eigenvalue weighted by Crippen LogP contribution is -2.32. The molecule has 0 aromatic carbocycles. The number of piperidine rings is 1. The van der Waals surface area contributed by atoms with Gasteiger partial charge in [-0.25, -0.2) is 0 Å². The molecule has 3 nitrogen and oxygen atoms in total. The molecule has 0 radical (unpaired) electrons. The summed E-state index contributed by atoms with van der Waals surface area (Å²) in [5.41, 5.74) is 2.23. The van der Waals surface area contributed by atoms with E-state index in [1.54, 1.807) is 0 Å². The first-order chi connectivity index (χ1) is 7.31. The highest BCUT2D eigenvalue weighted by atomic mass is 16.1. The van der Waals surface area contributed by atoms with Crippen molar-refractivity contribution < 1.29 is 4.79 Å². The normalized spacial score (nSPS) is 21.4. The number of nitrogens with zero attached hydrogens (tertiary/aromatic N) is 2. The Hall–Kier alpha value is -1.38. The van der Waals surface area contributed by atoms with Crippen LogP contribution in [0.5, 0.6) is 0 Å². The number of amides is 1. The number of pyridine rings is 1. The highest BCUT2D eigenvalue weighted by Gasteiger charge is 2.22. The molecule has 1 aliphatic heterocycles. The van der Waals surface area contributed by atoms with Gasteiger partial charge in [-0.15, -0.1) is 0 Å². The molecule has 15 heavy (non-hydrogen) atoms. The Morgan fingerprint density at radius 2 is 2.40 bits per heavy atom. The number of carbonyl (C=O) groups excluding carboxylic acids is 1. The van der Waals surface area contributed by atoms with Gasteiger partial charge in [0.15, 0.2) is 0 Å². The largest absolute Gasteiger partial charge is 0.338 e. The van der Waals surface area contributed by atoms with Gasteiger partial charge in [0.1, 0.15) is 0 Å². The van der Waals surface area contributed by atoms with Crippen molar-refractivity contribution >= 4 is 6.41 Å². The molecule has 1 fully saturated rings. The van der Waals surface area contributed by atoms with Gasteiger partial charge in [0.25, 0.3) is 0 Å². The van der Waals surface area contributed by atoms with Crippen molar-refractivity contribution in [2.75, 3.05) is 6.54 Å². The van der Waals surface area contributed by atoms with Crippen molar-refractivity contribution in [2.45, 2.75) is 32.2 Å². The van der Waals surface area contributed by atoms with Crippen molar-refractivity contribution in [3.8, 4) is 0 Å². The first-order valence-electron chi connectivity index (χ1n) is 5.45. The summed E-state index contributed by atoms with van der Waals surface area (Å²) < 4.78 is 0. The average molecular weight is 204 g/mol. The van der Waals surface area contributed by atoms with Crippen molar-refractivity contribution in [1.29, 1.82) is 0 Å². The lowest BCUT2D eigenvalue weighted by molar-refractivity contribution is -0.121. The molecule has 1 saturated heterocycles. The minimum atomic E-state index is 0.262. The summed E-state index contributed by atoms with van der Waals surface area (Å²) in [7, 11) is 0. The minimum Gasteiger partial charge on any atom is -0.338 e. The second-order valence-electron chi connectivity index (χ2n) is 4.09. The Morgan fingerprint density at radius 3 is 3.13 bits per heavy atom. The molecule has 0 N–H and O–H groups in total. The average Bonchev–Trinajstić information content (AvgIpc) is 2.29. The van der Waals surface area contributed by atoms with E-state index in [-0.39, 0.29) is 6.04 Å². The maximum Gasteiger partial charge on any atom is 0.210 e. The Labute approximate surface area is 90.1 Å². The van der Waals surface area contributed by atoms with Gasteiger partial charge in [-0.1, -0.05) is 0 Å². The maximum absolute atomic E-state index is 10.9. The number of aryl methyl sites for hydroxylation is 1. The zero-order valence-corrected chi connectivity index (χ0v) is 9.02. The molecular formula is C12H16N2O. The summed E-state index contributed by atoms with van der Waals surface area (Å²) in [5, 5.41) is 0. The molecule has 1 amide bonds. The molecule has 2 heterocycles. The Morgan fingerprint density at radius 1 is 1.53 bits per heavy atom. The molecular weight excluding hydrogens is 188 g/mol. The number of rotatable bonds is 2. The van der Waals surface area contributed by atoms with E-state index in [0.29, 0.717) is 0 Å². The van der Waals surface area contributed by atoms with E-state index in [4.69, 9.17) is 0 Å². The van der Waals surface area contributed by atoms with E-state index in [0.717, 1.165) is 31.5 Å². The van der Waals surface area contributed by atoms with Crippen LogP contribution in [0.3, 0.4) is 0 Å². The number of carbonyl (C=O) groups is 1. The van der Waals surface area contributed by atoms with Gasteiger partial charge in [0.2, 0.25) is 6.41 Å².